The van der Waals surface area contributed by atoms with E-state index in [0.29, 0.717) is 70.2 Å². The molecule has 1 saturated carbocycles. The van der Waals surface area contributed by atoms with E-state index in [4.69, 9.17) is 25.5 Å². The van der Waals surface area contributed by atoms with Crippen molar-refractivity contribution in [1.29, 1.82) is 0 Å². The van der Waals surface area contributed by atoms with Gasteiger partial charge in [0.1, 0.15) is 29.3 Å². The van der Waals surface area contributed by atoms with Gasteiger partial charge in [0, 0.05) is 37.8 Å². The molecule has 2 aliphatic heterocycles. The largest absolute Gasteiger partial charge is 0.447 e. The molecule has 0 radical (unpaired) electrons. The van der Waals surface area contributed by atoms with Gasteiger partial charge in [0.15, 0.2) is 5.58 Å². The summed E-state index contributed by atoms with van der Waals surface area (Å²) in [5.74, 6) is -1.53. The van der Waals surface area contributed by atoms with E-state index in [0.717, 1.165) is 0 Å². The minimum Gasteiger partial charge on any atom is -0.447 e. The highest BCUT2D eigenvalue weighted by atomic mass is 35.5. The molecule has 43 heavy (non-hydrogen) atoms. The molecule has 0 atom stereocenters. The van der Waals surface area contributed by atoms with Crippen LogP contribution in [0.4, 0.5) is 11.5 Å². The monoisotopic (exact) mass is 610 g/mol. The molecule has 1 aliphatic carbocycles. The number of aromatic nitrogens is 2. The van der Waals surface area contributed by atoms with Crippen LogP contribution in [0.2, 0.25) is 5.02 Å². The maximum atomic E-state index is 13.6. The number of anilines is 2. The Morgan fingerprint density at radius 2 is 1.70 bits per heavy atom. The lowest BCUT2D eigenvalue weighted by molar-refractivity contribution is -0.146. The lowest BCUT2D eigenvalue weighted by Crippen LogP contribution is -2.49. The first-order valence-corrected chi connectivity index (χ1v) is 14.7. The van der Waals surface area contributed by atoms with Crippen molar-refractivity contribution >= 4 is 57.8 Å². The molecular weight excluding hydrogens is 580 g/mol. The molecule has 14 heteroatoms. The number of morpholine rings is 2. The first-order chi connectivity index (χ1) is 20.9. The van der Waals surface area contributed by atoms with Gasteiger partial charge in [-0.15, -0.1) is 0 Å². The number of furan rings is 1. The summed E-state index contributed by atoms with van der Waals surface area (Å²) in [6.07, 6.45) is 3.90. The van der Waals surface area contributed by atoms with Gasteiger partial charge < -0.3 is 34.3 Å². The van der Waals surface area contributed by atoms with Gasteiger partial charge in [-0.05, 0) is 49.9 Å². The van der Waals surface area contributed by atoms with Crippen LogP contribution in [0.5, 0.6) is 0 Å². The van der Waals surface area contributed by atoms with Crippen LogP contribution in [0.3, 0.4) is 0 Å². The Hall–Kier alpha value is -4.07. The van der Waals surface area contributed by atoms with Crippen molar-refractivity contribution in [3.63, 3.8) is 0 Å². The molecule has 0 aromatic carbocycles. The molecule has 3 aromatic heterocycles. The van der Waals surface area contributed by atoms with E-state index < -0.39 is 5.91 Å². The number of rotatable bonds is 6. The molecule has 6 rings (SSSR count). The zero-order valence-corrected chi connectivity index (χ0v) is 24.1. The van der Waals surface area contributed by atoms with Crippen LogP contribution >= 0.6 is 11.6 Å². The smallest absolute Gasteiger partial charge is 0.294 e. The second-order valence-corrected chi connectivity index (χ2v) is 11.1. The highest BCUT2D eigenvalue weighted by Crippen LogP contribution is 2.34. The molecule has 3 aliphatic rings. The fraction of sp³-hybridized carbons (Fsp3) is 0.448. The highest BCUT2D eigenvalue weighted by Gasteiger charge is 2.34. The fourth-order valence-corrected chi connectivity index (χ4v) is 5.83. The first kappa shape index (κ1) is 29.0. The normalized spacial score (nSPS) is 21.1. The van der Waals surface area contributed by atoms with Crippen LogP contribution in [0.1, 0.15) is 46.7 Å². The molecule has 0 unspecified atom stereocenters. The van der Waals surface area contributed by atoms with E-state index in [9.17, 15) is 19.2 Å². The second kappa shape index (κ2) is 12.7. The van der Waals surface area contributed by atoms with Crippen LogP contribution in [-0.2, 0) is 19.1 Å². The Morgan fingerprint density at radius 1 is 0.930 bits per heavy atom. The van der Waals surface area contributed by atoms with Crippen molar-refractivity contribution in [2.24, 2.45) is 5.92 Å². The minimum atomic E-state index is -0.654. The molecule has 3 aromatic rings. The first-order valence-electron chi connectivity index (χ1n) is 14.3. The van der Waals surface area contributed by atoms with Gasteiger partial charge >= 0.3 is 0 Å². The Bertz CT molecular complexity index is 1530. The number of pyridine rings is 2. The predicted octanol–water partition coefficient (Wildman–Crippen LogP) is 2.96. The average molecular weight is 611 g/mol. The number of nitrogens with zero attached hydrogens (tertiary/aromatic N) is 4. The Balaban J connectivity index is 1.25. The van der Waals surface area contributed by atoms with E-state index >= 15 is 0 Å². The van der Waals surface area contributed by atoms with Crippen LogP contribution < -0.4 is 10.6 Å². The summed E-state index contributed by atoms with van der Waals surface area (Å²) in [4.78, 5) is 64.5. The third-order valence-corrected chi connectivity index (χ3v) is 8.23. The number of hydrogen-bond acceptors (Lipinski definition) is 9. The number of amides is 4. The van der Waals surface area contributed by atoms with Gasteiger partial charge in [-0.3, -0.25) is 19.2 Å². The van der Waals surface area contributed by atoms with E-state index in [-0.39, 0.29) is 70.3 Å². The van der Waals surface area contributed by atoms with Crippen molar-refractivity contribution in [2.45, 2.75) is 31.7 Å². The molecule has 4 amide bonds. The third kappa shape index (κ3) is 6.33. The van der Waals surface area contributed by atoms with Crippen LogP contribution in [-0.4, -0.2) is 95.5 Å². The number of hydrogen-bond donors (Lipinski definition) is 2. The summed E-state index contributed by atoms with van der Waals surface area (Å²) < 4.78 is 16.5. The topological polar surface area (TPSA) is 156 Å². The van der Waals surface area contributed by atoms with Crippen LogP contribution in [0.25, 0.3) is 11.1 Å². The maximum absolute atomic E-state index is 13.6. The van der Waals surface area contributed by atoms with Gasteiger partial charge in [0.25, 0.3) is 11.8 Å². The third-order valence-electron chi connectivity index (χ3n) is 8.01. The molecule has 5 heterocycles. The van der Waals surface area contributed by atoms with E-state index in [1.165, 1.54) is 18.3 Å². The number of halogens is 1. The highest BCUT2D eigenvalue weighted by molar-refractivity contribution is 6.30. The summed E-state index contributed by atoms with van der Waals surface area (Å²) in [5, 5.41) is 5.95. The van der Waals surface area contributed by atoms with Gasteiger partial charge in [-0.1, -0.05) is 11.6 Å². The van der Waals surface area contributed by atoms with Crippen molar-refractivity contribution < 1.29 is 33.1 Å². The Kier molecular flexibility index (Phi) is 8.54. The van der Waals surface area contributed by atoms with Gasteiger partial charge in [0.2, 0.25) is 17.6 Å². The zero-order chi connectivity index (χ0) is 29.9. The number of nitrogens with one attached hydrogen (secondary N) is 2. The predicted molar refractivity (Wildman–Crippen MR) is 155 cm³/mol. The van der Waals surface area contributed by atoms with E-state index in [1.54, 1.807) is 17.0 Å². The van der Waals surface area contributed by atoms with Crippen molar-refractivity contribution in [1.82, 2.24) is 19.8 Å². The van der Waals surface area contributed by atoms with Gasteiger partial charge in [-0.25, -0.2) is 9.97 Å². The lowest BCUT2D eigenvalue weighted by Gasteiger charge is -2.38. The molecule has 3 fully saturated rings. The van der Waals surface area contributed by atoms with Gasteiger partial charge in [-0.2, -0.15) is 0 Å². The van der Waals surface area contributed by atoms with Crippen molar-refractivity contribution in [2.75, 3.05) is 56.7 Å². The number of ether oxygens (including phenoxy) is 2. The van der Waals surface area contributed by atoms with Crippen molar-refractivity contribution in [3.8, 4) is 0 Å². The summed E-state index contributed by atoms with van der Waals surface area (Å²) in [6, 6.07) is 6.28. The van der Waals surface area contributed by atoms with Crippen molar-refractivity contribution in [3.05, 3.63) is 46.9 Å². The summed E-state index contributed by atoms with van der Waals surface area (Å²) in [7, 11) is 0. The Morgan fingerprint density at radius 3 is 2.42 bits per heavy atom. The van der Waals surface area contributed by atoms with Gasteiger partial charge in [0.05, 0.1) is 24.8 Å². The molecule has 0 spiro atoms. The maximum Gasteiger partial charge on any atom is 0.294 e. The van der Waals surface area contributed by atoms with Crippen LogP contribution in [0.15, 0.2) is 34.9 Å². The molecule has 2 saturated heterocycles. The fourth-order valence-electron chi connectivity index (χ4n) is 5.71. The molecule has 13 nitrogen and oxygen atoms in total. The summed E-state index contributed by atoms with van der Waals surface area (Å²) >= 11 is 5.92. The van der Waals surface area contributed by atoms with Crippen LogP contribution in [0, 0.1) is 5.92 Å². The molecule has 2 N–H and O–H groups in total. The summed E-state index contributed by atoms with van der Waals surface area (Å²) in [6.45, 7) is 2.91. The van der Waals surface area contributed by atoms with E-state index in [1.807, 2.05) is 4.90 Å². The standard InChI is InChI=1S/C29H31ClN6O7/c30-18-3-8-22(31-15-18)33-28(39)26-25(24-21(43-26)7-6-20(32-24)29(40)35-9-12-41-13-10-35)34-27(38)17-1-4-19(5-2-17)36-11-14-42-16-23(36)37/h3,6-8,15,17,19H,1-2,4-5,9-14,16H2,(H,34,38)(H,31,33,39)/t17-,19-. The number of carbonyl (C=O) groups excluding carboxylic acids is 4. The number of carbonyl (C=O) groups is 4. The second-order valence-electron chi connectivity index (χ2n) is 10.7. The summed E-state index contributed by atoms with van der Waals surface area (Å²) in [5.41, 5.74) is 0.660. The Labute approximate surface area is 251 Å². The molecular formula is C29H31ClN6O7. The minimum absolute atomic E-state index is 0.0247. The number of fused-ring (bicyclic) bond motifs is 1. The molecule has 226 valence electrons. The average Bonchev–Trinajstić information content (AvgIpc) is 3.40. The quantitative estimate of drug-likeness (QED) is 0.428. The molecule has 0 bridgehead atoms. The van der Waals surface area contributed by atoms with E-state index in [2.05, 4.69) is 20.6 Å². The lowest BCUT2D eigenvalue weighted by atomic mass is 9.84. The SMILES string of the molecule is O=C(Nc1ccc(Cl)cn1)c1oc2ccc(C(=O)N3CCOCC3)nc2c1NC(=O)[C@H]1CC[C@H](N2CCOCC2=O)CC1. The zero-order valence-electron chi connectivity index (χ0n) is 23.3.